The van der Waals surface area contributed by atoms with Crippen molar-refractivity contribution in [1.29, 1.82) is 0 Å². The van der Waals surface area contributed by atoms with Crippen molar-refractivity contribution < 1.29 is 19.1 Å². The second kappa shape index (κ2) is 14.4. The molecule has 4 aromatic rings. The van der Waals surface area contributed by atoms with Gasteiger partial charge in [-0.25, -0.2) is 0 Å². The van der Waals surface area contributed by atoms with Crippen LogP contribution in [0.4, 0.5) is 11.6 Å². The van der Waals surface area contributed by atoms with Crippen molar-refractivity contribution in [1.82, 2.24) is 20.4 Å². The van der Waals surface area contributed by atoms with Crippen LogP contribution in [0, 0.1) is 0 Å². The Balaban J connectivity index is 1.17. The van der Waals surface area contributed by atoms with E-state index in [4.69, 9.17) is 9.47 Å². The lowest BCUT2D eigenvalue weighted by Crippen LogP contribution is -2.17. The number of aromatic nitrogens is 4. The zero-order valence-corrected chi connectivity index (χ0v) is 24.5. The van der Waals surface area contributed by atoms with Gasteiger partial charge >= 0.3 is 0 Å². The van der Waals surface area contributed by atoms with Gasteiger partial charge in [0.15, 0.2) is 11.6 Å². The van der Waals surface area contributed by atoms with E-state index in [0.29, 0.717) is 23.1 Å². The number of hydrogen-bond donors (Lipinski definition) is 2. The molecule has 0 bridgehead atoms. The maximum atomic E-state index is 12.6. The number of amides is 2. The fourth-order valence-electron chi connectivity index (χ4n) is 5.57. The normalized spacial score (nSPS) is 16.5. The molecule has 0 saturated heterocycles. The third-order valence-electron chi connectivity index (χ3n) is 7.75. The molecule has 2 heterocycles. The number of methoxy groups -OCH3 is 2. The van der Waals surface area contributed by atoms with Gasteiger partial charge in [-0.1, -0.05) is 49.2 Å². The summed E-state index contributed by atoms with van der Waals surface area (Å²) in [6.45, 7) is 0. The molecule has 2 amide bonds. The number of nitrogens with zero attached hydrogens (tertiary/aromatic N) is 4. The summed E-state index contributed by atoms with van der Waals surface area (Å²) in [5, 5.41) is 23.2. The highest BCUT2D eigenvalue weighted by Crippen LogP contribution is 2.38. The largest absolute Gasteiger partial charge is 0.496 e. The Hall–Kier alpha value is -4.86. The molecule has 10 nitrogen and oxygen atoms in total. The molecule has 0 spiro atoms. The summed E-state index contributed by atoms with van der Waals surface area (Å²) in [5.74, 6) is 2.27. The van der Waals surface area contributed by atoms with Gasteiger partial charge in [-0.2, -0.15) is 10.2 Å². The molecule has 5 rings (SSSR count). The Bertz CT molecular complexity index is 1410. The lowest BCUT2D eigenvalue weighted by Gasteiger charge is -2.19. The fourth-order valence-corrected chi connectivity index (χ4v) is 5.57. The fraction of sp³-hybridized carbons (Fsp3) is 0.333. The molecular formula is C33H36N6O4. The number of carbonyl (C=O) groups is 2. The van der Waals surface area contributed by atoms with Crippen molar-refractivity contribution in [2.75, 3.05) is 24.9 Å². The molecule has 43 heavy (non-hydrogen) atoms. The Morgan fingerprint density at radius 1 is 0.651 bits per heavy atom. The van der Waals surface area contributed by atoms with Crippen molar-refractivity contribution in [3.05, 3.63) is 95.3 Å². The van der Waals surface area contributed by atoms with Crippen molar-refractivity contribution in [3.8, 4) is 11.5 Å². The monoisotopic (exact) mass is 580 g/mol. The number of rotatable bonds is 10. The summed E-state index contributed by atoms with van der Waals surface area (Å²) in [6, 6.07) is 22.4. The van der Waals surface area contributed by atoms with Crippen LogP contribution in [-0.4, -0.2) is 46.4 Å². The SMILES string of the molecule is COc1ccccc1CC(=O)Nc1ccc([C@@H]2CCCC[C@H](c3ccc(NC(=O)Cc4ccccc4OC)nn3)C2)nn1. The van der Waals surface area contributed by atoms with E-state index in [1.165, 1.54) is 0 Å². The van der Waals surface area contributed by atoms with Gasteiger partial charge in [0.1, 0.15) is 11.5 Å². The first kappa shape index (κ1) is 29.6. The molecule has 2 atom stereocenters. The zero-order valence-electron chi connectivity index (χ0n) is 24.5. The molecule has 2 aromatic carbocycles. The Morgan fingerprint density at radius 2 is 1.09 bits per heavy atom. The van der Waals surface area contributed by atoms with Gasteiger partial charge in [-0.15, -0.1) is 10.2 Å². The second-order valence-corrected chi connectivity index (χ2v) is 10.7. The van der Waals surface area contributed by atoms with Crippen LogP contribution in [0.5, 0.6) is 11.5 Å². The Labute approximate surface area is 251 Å². The molecular weight excluding hydrogens is 544 g/mol. The minimum absolute atomic E-state index is 0.181. The van der Waals surface area contributed by atoms with Gasteiger partial charge < -0.3 is 20.1 Å². The maximum absolute atomic E-state index is 12.6. The van der Waals surface area contributed by atoms with E-state index in [-0.39, 0.29) is 36.5 Å². The van der Waals surface area contributed by atoms with E-state index >= 15 is 0 Å². The highest BCUT2D eigenvalue weighted by Gasteiger charge is 2.25. The number of ether oxygens (including phenoxy) is 2. The first-order valence-electron chi connectivity index (χ1n) is 14.5. The van der Waals surface area contributed by atoms with Crippen molar-refractivity contribution >= 4 is 23.5 Å². The third kappa shape index (κ3) is 7.91. The first-order valence-corrected chi connectivity index (χ1v) is 14.5. The minimum Gasteiger partial charge on any atom is -0.496 e. The quantitative estimate of drug-likeness (QED) is 0.236. The van der Waals surface area contributed by atoms with E-state index in [1.54, 1.807) is 14.2 Å². The summed E-state index contributed by atoms with van der Waals surface area (Å²) in [7, 11) is 3.18. The van der Waals surface area contributed by atoms with Crippen LogP contribution in [0.25, 0.3) is 0 Å². The van der Waals surface area contributed by atoms with Crippen LogP contribution in [-0.2, 0) is 22.4 Å². The summed E-state index contributed by atoms with van der Waals surface area (Å²) in [4.78, 5) is 25.2. The van der Waals surface area contributed by atoms with Crippen LogP contribution in [0.3, 0.4) is 0 Å². The minimum atomic E-state index is -0.181. The van der Waals surface area contributed by atoms with Crippen LogP contribution in [0.2, 0.25) is 0 Å². The van der Waals surface area contributed by atoms with Crippen molar-refractivity contribution in [3.63, 3.8) is 0 Å². The van der Waals surface area contributed by atoms with E-state index in [0.717, 1.165) is 54.6 Å². The zero-order chi connectivity index (χ0) is 30.0. The lowest BCUT2D eigenvalue weighted by atomic mass is 9.88. The van der Waals surface area contributed by atoms with Gasteiger partial charge in [0.2, 0.25) is 11.8 Å². The average molecular weight is 581 g/mol. The van der Waals surface area contributed by atoms with E-state index in [1.807, 2.05) is 72.8 Å². The van der Waals surface area contributed by atoms with Gasteiger partial charge in [-0.3, -0.25) is 9.59 Å². The topological polar surface area (TPSA) is 128 Å². The first-order chi connectivity index (χ1) is 21.0. The van der Waals surface area contributed by atoms with E-state index in [9.17, 15) is 9.59 Å². The summed E-state index contributed by atoms with van der Waals surface area (Å²) in [6.07, 6.45) is 5.44. The molecule has 0 radical (unpaired) electrons. The highest BCUT2D eigenvalue weighted by molar-refractivity contribution is 5.92. The predicted octanol–water partition coefficient (Wildman–Crippen LogP) is 5.48. The number of hydrogen-bond acceptors (Lipinski definition) is 8. The smallest absolute Gasteiger partial charge is 0.230 e. The number of carbonyl (C=O) groups excluding carboxylic acids is 2. The summed E-state index contributed by atoms with van der Waals surface area (Å²) < 4.78 is 10.7. The molecule has 1 saturated carbocycles. The van der Waals surface area contributed by atoms with Crippen LogP contribution in [0.15, 0.2) is 72.8 Å². The maximum Gasteiger partial charge on any atom is 0.230 e. The standard InChI is InChI=1S/C33H36N6O4/c1-42-28-13-7-5-11-24(28)20-32(40)34-30-17-15-26(36-38-30)22-9-3-4-10-23(19-22)27-16-18-31(39-37-27)35-33(41)21-25-12-6-8-14-29(25)43-2/h5-8,11-18,22-23H,3-4,9-10,19-21H2,1-2H3,(H,34,38,40)(H,35,39,41)/t22-,23+. The molecule has 0 unspecified atom stereocenters. The Morgan fingerprint density at radius 3 is 1.49 bits per heavy atom. The van der Waals surface area contributed by atoms with Crippen LogP contribution >= 0.6 is 0 Å². The van der Waals surface area contributed by atoms with Gasteiger partial charge in [0.25, 0.3) is 0 Å². The summed E-state index contributed by atoms with van der Waals surface area (Å²) >= 11 is 0. The second-order valence-electron chi connectivity index (χ2n) is 10.7. The van der Waals surface area contributed by atoms with Gasteiger partial charge in [0.05, 0.1) is 38.4 Å². The van der Waals surface area contributed by atoms with Crippen molar-refractivity contribution in [2.45, 2.75) is 56.8 Å². The molecule has 222 valence electrons. The lowest BCUT2D eigenvalue weighted by molar-refractivity contribution is -0.116. The molecule has 1 aliphatic carbocycles. The predicted molar refractivity (Wildman–Crippen MR) is 163 cm³/mol. The highest BCUT2D eigenvalue weighted by atomic mass is 16.5. The molecule has 1 fully saturated rings. The third-order valence-corrected chi connectivity index (χ3v) is 7.75. The van der Waals surface area contributed by atoms with E-state index in [2.05, 4.69) is 31.0 Å². The summed E-state index contributed by atoms with van der Waals surface area (Å²) in [5.41, 5.74) is 3.43. The van der Waals surface area contributed by atoms with Gasteiger partial charge in [-0.05, 0) is 55.7 Å². The Kier molecular flexibility index (Phi) is 9.89. The number of benzene rings is 2. The molecule has 10 heteroatoms. The van der Waals surface area contributed by atoms with Crippen LogP contribution in [0.1, 0.15) is 66.5 Å². The molecule has 2 aromatic heterocycles. The van der Waals surface area contributed by atoms with E-state index < -0.39 is 0 Å². The number of nitrogens with one attached hydrogen (secondary N) is 2. The molecule has 2 N–H and O–H groups in total. The number of anilines is 2. The van der Waals surface area contributed by atoms with Gasteiger partial charge in [0, 0.05) is 23.0 Å². The average Bonchev–Trinajstić information content (AvgIpc) is 3.29. The van der Waals surface area contributed by atoms with Crippen molar-refractivity contribution in [2.24, 2.45) is 0 Å². The number of para-hydroxylation sites is 2. The van der Waals surface area contributed by atoms with Crippen LogP contribution < -0.4 is 20.1 Å². The molecule has 1 aliphatic rings. The molecule has 0 aliphatic heterocycles.